The fourth-order valence-electron chi connectivity index (χ4n) is 1.85. The predicted octanol–water partition coefficient (Wildman–Crippen LogP) is 3.41. The molecule has 22 heavy (non-hydrogen) atoms. The van der Waals surface area contributed by atoms with Crippen LogP contribution in [0.4, 0.5) is 20.2 Å². The number of halogens is 2. The molecule has 0 radical (unpaired) electrons. The van der Waals surface area contributed by atoms with Crippen molar-refractivity contribution in [2.24, 2.45) is 0 Å². The molecule has 0 aliphatic carbocycles. The molecule has 4 nitrogen and oxygen atoms in total. The summed E-state index contributed by atoms with van der Waals surface area (Å²) in [6.45, 7) is 2.17. The first kappa shape index (κ1) is 15.8. The molecule has 0 saturated heterocycles. The molecular weight excluding hydrogens is 290 g/mol. The van der Waals surface area contributed by atoms with Gasteiger partial charge < -0.3 is 15.4 Å². The molecule has 6 heteroatoms. The number of benzene rings is 2. The fourth-order valence-corrected chi connectivity index (χ4v) is 1.85. The first-order valence-electron chi connectivity index (χ1n) is 6.80. The molecule has 2 aromatic rings. The van der Waals surface area contributed by atoms with E-state index < -0.39 is 11.6 Å². The number of hydrogen-bond donors (Lipinski definition) is 2. The van der Waals surface area contributed by atoms with Gasteiger partial charge in [0.05, 0.1) is 24.5 Å². The van der Waals surface area contributed by atoms with Crippen molar-refractivity contribution in [3.05, 3.63) is 54.1 Å². The quantitative estimate of drug-likeness (QED) is 0.860. The molecule has 0 fully saturated rings. The normalized spacial score (nSPS) is 10.1. The third kappa shape index (κ3) is 4.18. The van der Waals surface area contributed by atoms with E-state index in [1.807, 2.05) is 6.92 Å². The second-order valence-corrected chi connectivity index (χ2v) is 4.46. The molecule has 2 aromatic carbocycles. The minimum Gasteiger partial charge on any atom is -0.492 e. The summed E-state index contributed by atoms with van der Waals surface area (Å²) in [4.78, 5) is 11.9. The average molecular weight is 306 g/mol. The van der Waals surface area contributed by atoms with Gasteiger partial charge in [-0.3, -0.25) is 4.79 Å². The van der Waals surface area contributed by atoms with Crippen LogP contribution in [-0.2, 0) is 4.79 Å². The first-order valence-corrected chi connectivity index (χ1v) is 6.80. The van der Waals surface area contributed by atoms with E-state index in [1.54, 1.807) is 24.3 Å². The Kier molecular flexibility index (Phi) is 5.30. The molecule has 0 unspecified atom stereocenters. The third-order valence-corrected chi connectivity index (χ3v) is 2.83. The van der Waals surface area contributed by atoms with Crippen LogP contribution in [0.2, 0.25) is 0 Å². The zero-order valence-corrected chi connectivity index (χ0v) is 12.0. The van der Waals surface area contributed by atoms with Gasteiger partial charge in [-0.15, -0.1) is 0 Å². The van der Waals surface area contributed by atoms with E-state index in [2.05, 4.69) is 10.6 Å². The Balaban J connectivity index is 1.96. The minimum atomic E-state index is -0.748. The first-order chi connectivity index (χ1) is 10.6. The Morgan fingerprint density at radius 2 is 1.91 bits per heavy atom. The monoisotopic (exact) mass is 306 g/mol. The highest BCUT2D eigenvalue weighted by molar-refractivity contribution is 5.95. The van der Waals surface area contributed by atoms with Gasteiger partial charge in [-0.25, -0.2) is 8.78 Å². The Labute approximate surface area is 127 Å². The number of rotatable bonds is 6. The topological polar surface area (TPSA) is 50.4 Å². The minimum absolute atomic E-state index is 0.0645. The van der Waals surface area contributed by atoms with E-state index in [-0.39, 0.29) is 18.1 Å². The van der Waals surface area contributed by atoms with Crippen LogP contribution in [0, 0.1) is 11.6 Å². The molecule has 116 valence electrons. The second kappa shape index (κ2) is 7.40. The highest BCUT2D eigenvalue weighted by Gasteiger charge is 2.09. The summed E-state index contributed by atoms with van der Waals surface area (Å²) >= 11 is 0. The summed E-state index contributed by atoms with van der Waals surface area (Å²) in [5.74, 6) is -1.22. The lowest BCUT2D eigenvalue weighted by molar-refractivity contribution is -0.114. The van der Waals surface area contributed by atoms with Crippen molar-refractivity contribution in [1.29, 1.82) is 0 Å². The smallest absolute Gasteiger partial charge is 0.243 e. The average Bonchev–Trinajstić information content (AvgIpc) is 2.48. The van der Waals surface area contributed by atoms with Crippen LogP contribution >= 0.6 is 0 Å². The van der Waals surface area contributed by atoms with Gasteiger partial charge in [0.15, 0.2) is 0 Å². The molecule has 0 saturated carbocycles. The second-order valence-electron chi connectivity index (χ2n) is 4.46. The molecule has 2 rings (SSSR count). The predicted molar refractivity (Wildman–Crippen MR) is 81.1 cm³/mol. The SMILES string of the molecule is CCOc1ccccc1NC(=O)CNc1ccc(F)cc1F. The lowest BCUT2D eigenvalue weighted by Crippen LogP contribution is -2.22. The van der Waals surface area contributed by atoms with Gasteiger partial charge in [0.25, 0.3) is 0 Å². The zero-order chi connectivity index (χ0) is 15.9. The molecule has 0 bridgehead atoms. The number of amides is 1. The maximum Gasteiger partial charge on any atom is 0.243 e. The van der Waals surface area contributed by atoms with Crippen LogP contribution in [0.1, 0.15) is 6.92 Å². The fraction of sp³-hybridized carbons (Fsp3) is 0.188. The van der Waals surface area contributed by atoms with Crippen molar-refractivity contribution in [2.45, 2.75) is 6.92 Å². The van der Waals surface area contributed by atoms with Gasteiger partial charge in [-0.1, -0.05) is 12.1 Å². The summed E-state index contributed by atoms with van der Waals surface area (Å²) in [5, 5.41) is 5.29. The highest BCUT2D eigenvalue weighted by Crippen LogP contribution is 2.23. The number of carbonyl (C=O) groups excluding carboxylic acids is 1. The van der Waals surface area contributed by atoms with E-state index in [0.717, 1.165) is 12.1 Å². The maximum atomic E-state index is 13.4. The van der Waals surface area contributed by atoms with Crippen molar-refractivity contribution in [2.75, 3.05) is 23.8 Å². The lowest BCUT2D eigenvalue weighted by Gasteiger charge is -2.12. The third-order valence-electron chi connectivity index (χ3n) is 2.83. The molecule has 0 aromatic heterocycles. The molecule has 0 heterocycles. The van der Waals surface area contributed by atoms with Crippen LogP contribution in [0.25, 0.3) is 0 Å². The van der Waals surface area contributed by atoms with Gasteiger partial charge >= 0.3 is 0 Å². The van der Waals surface area contributed by atoms with E-state index in [9.17, 15) is 13.6 Å². The number of anilines is 2. The van der Waals surface area contributed by atoms with E-state index in [0.29, 0.717) is 18.0 Å². The number of hydrogen-bond acceptors (Lipinski definition) is 3. The van der Waals surface area contributed by atoms with Gasteiger partial charge in [0.2, 0.25) is 5.91 Å². The molecule has 0 aliphatic rings. The van der Waals surface area contributed by atoms with Crippen LogP contribution in [0.15, 0.2) is 42.5 Å². The Morgan fingerprint density at radius 1 is 1.14 bits per heavy atom. The van der Waals surface area contributed by atoms with Crippen LogP contribution in [0.5, 0.6) is 5.75 Å². The van der Waals surface area contributed by atoms with Crippen molar-refractivity contribution >= 4 is 17.3 Å². The standard InChI is InChI=1S/C16H16F2N2O2/c1-2-22-15-6-4-3-5-14(15)20-16(21)10-19-13-8-7-11(17)9-12(13)18/h3-9,19H,2,10H2,1H3,(H,20,21). The lowest BCUT2D eigenvalue weighted by atomic mass is 10.2. The number of para-hydroxylation sites is 2. The number of nitrogens with one attached hydrogen (secondary N) is 2. The van der Waals surface area contributed by atoms with E-state index in [1.165, 1.54) is 6.07 Å². The maximum absolute atomic E-state index is 13.4. The van der Waals surface area contributed by atoms with Crippen molar-refractivity contribution in [3.8, 4) is 5.75 Å². The molecule has 2 N–H and O–H groups in total. The summed E-state index contributed by atoms with van der Waals surface area (Å²) < 4.78 is 31.6. The van der Waals surface area contributed by atoms with Crippen molar-refractivity contribution in [3.63, 3.8) is 0 Å². The zero-order valence-electron chi connectivity index (χ0n) is 12.0. The summed E-state index contributed by atoms with van der Waals surface area (Å²) in [6.07, 6.45) is 0. The summed E-state index contributed by atoms with van der Waals surface area (Å²) in [5.41, 5.74) is 0.602. The summed E-state index contributed by atoms with van der Waals surface area (Å²) in [7, 11) is 0. The Morgan fingerprint density at radius 3 is 2.64 bits per heavy atom. The molecule has 1 amide bonds. The van der Waals surface area contributed by atoms with Crippen molar-refractivity contribution in [1.82, 2.24) is 0 Å². The van der Waals surface area contributed by atoms with E-state index >= 15 is 0 Å². The van der Waals surface area contributed by atoms with Crippen LogP contribution in [0.3, 0.4) is 0 Å². The van der Waals surface area contributed by atoms with Gasteiger partial charge in [-0.05, 0) is 31.2 Å². The Hall–Kier alpha value is -2.63. The van der Waals surface area contributed by atoms with Crippen molar-refractivity contribution < 1.29 is 18.3 Å². The van der Waals surface area contributed by atoms with E-state index in [4.69, 9.17) is 4.74 Å². The molecule has 0 atom stereocenters. The molecular formula is C16H16F2N2O2. The van der Waals surface area contributed by atoms with Crippen LogP contribution < -0.4 is 15.4 Å². The van der Waals surface area contributed by atoms with Gasteiger partial charge in [0, 0.05) is 6.07 Å². The van der Waals surface area contributed by atoms with Crippen LogP contribution in [-0.4, -0.2) is 19.1 Å². The van der Waals surface area contributed by atoms with Gasteiger partial charge in [0.1, 0.15) is 17.4 Å². The number of carbonyl (C=O) groups is 1. The highest BCUT2D eigenvalue weighted by atomic mass is 19.1. The summed E-state index contributed by atoms with van der Waals surface area (Å²) in [6, 6.07) is 10.1. The largest absolute Gasteiger partial charge is 0.492 e. The molecule has 0 aliphatic heterocycles. The molecule has 0 spiro atoms. The van der Waals surface area contributed by atoms with Gasteiger partial charge in [-0.2, -0.15) is 0 Å². The Bertz CT molecular complexity index is 662. The number of ether oxygens (including phenoxy) is 1.